The van der Waals surface area contributed by atoms with E-state index in [0.717, 1.165) is 39.8 Å². The minimum atomic E-state index is 0.854. The van der Waals surface area contributed by atoms with Gasteiger partial charge in [0.05, 0.1) is 11.7 Å². The first-order valence-electron chi connectivity index (χ1n) is 8.18. The van der Waals surface area contributed by atoms with Gasteiger partial charge in [-0.25, -0.2) is 4.98 Å². The maximum Gasteiger partial charge on any atom is 0.138 e. The van der Waals surface area contributed by atoms with E-state index in [1.54, 1.807) is 10.8 Å². The summed E-state index contributed by atoms with van der Waals surface area (Å²) in [4.78, 5) is 7.94. The fourth-order valence-electron chi connectivity index (χ4n) is 3.27. The number of rotatable bonds is 3. The van der Waals surface area contributed by atoms with Crippen LogP contribution in [0.15, 0.2) is 73.2 Å². The summed E-state index contributed by atoms with van der Waals surface area (Å²) in [6, 6.07) is 18.6. The van der Waals surface area contributed by atoms with Crippen molar-refractivity contribution in [3.05, 3.63) is 84.4 Å². The number of nitrogens with one attached hydrogen (secondary N) is 1. The largest absolute Gasteiger partial charge is 0.343 e. The van der Waals surface area contributed by atoms with E-state index in [2.05, 4.69) is 50.5 Å². The second kappa shape index (κ2) is 5.56. The van der Waals surface area contributed by atoms with Crippen LogP contribution in [0.5, 0.6) is 0 Å². The van der Waals surface area contributed by atoms with Crippen LogP contribution in [0.2, 0.25) is 0 Å². The number of fused-ring (bicyclic) bond motifs is 2. The number of hydrogen-bond donors (Lipinski definition) is 1. The maximum atomic E-state index is 4.50. The first kappa shape index (κ1) is 13.9. The van der Waals surface area contributed by atoms with Crippen LogP contribution in [0.1, 0.15) is 11.3 Å². The number of H-pyrrole nitrogens is 1. The molecule has 5 rings (SSSR count). The predicted molar refractivity (Wildman–Crippen MR) is 97.3 cm³/mol. The van der Waals surface area contributed by atoms with Crippen LogP contribution < -0.4 is 0 Å². The van der Waals surface area contributed by atoms with Gasteiger partial charge in [-0.3, -0.25) is 0 Å². The number of nitrogens with zero attached hydrogens (tertiary/aromatic N) is 4. The standard InChI is InChI=1S/C20H15N5/c1-2-5-14(6-3-1)11-15-12-17-16(8-10-21-20(17)24-15)18-13-23-25-19(18)7-4-9-22-25/h1-10,12-13H,11H2,(H,21,24). The van der Waals surface area contributed by atoms with Gasteiger partial charge in [-0.05, 0) is 35.4 Å². The van der Waals surface area contributed by atoms with E-state index < -0.39 is 0 Å². The number of aromatic amines is 1. The molecule has 4 heterocycles. The molecule has 0 aliphatic rings. The van der Waals surface area contributed by atoms with E-state index >= 15 is 0 Å². The van der Waals surface area contributed by atoms with Gasteiger partial charge >= 0.3 is 0 Å². The average molecular weight is 325 g/mol. The highest BCUT2D eigenvalue weighted by atomic mass is 15.4. The Bertz CT molecular complexity index is 1170. The molecule has 0 amide bonds. The molecule has 4 aromatic heterocycles. The van der Waals surface area contributed by atoms with Crippen molar-refractivity contribution in [3.63, 3.8) is 0 Å². The lowest BCUT2D eigenvalue weighted by Crippen LogP contribution is -1.90. The number of hydrogen-bond acceptors (Lipinski definition) is 3. The molecule has 0 saturated heterocycles. The summed E-state index contributed by atoms with van der Waals surface area (Å²) in [7, 11) is 0. The molecule has 0 unspecified atom stereocenters. The smallest absolute Gasteiger partial charge is 0.138 e. The van der Waals surface area contributed by atoms with Crippen molar-refractivity contribution < 1.29 is 0 Å². The number of benzene rings is 1. The third-order valence-corrected chi connectivity index (χ3v) is 4.42. The molecular weight excluding hydrogens is 310 g/mol. The van der Waals surface area contributed by atoms with Crippen molar-refractivity contribution in [1.82, 2.24) is 24.8 Å². The minimum absolute atomic E-state index is 0.854. The quantitative estimate of drug-likeness (QED) is 0.548. The molecule has 1 N–H and O–H groups in total. The summed E-state index contributed by atoms with van der Waals surface area (Å²) in [5, 5.41) is 9.71. The lowest BCUT2D eigenvalue weighted by molar-refractivity contribution is 0.800. The first-order valence-corrected chi connectivity index (χ1v) is 8.18. The molecule has 5 aromatic rings. The number of aromatic nitrogens is 5. The van der Waals surface area contributed by atoms with Crippen molar-refractivity contribution in [3.8, 4) is 11.1 Å². The third-order valence-electron chi connectivity index (χ3n) is 4.42. The second-order valence-electron chi connectivity index (χ2n) is 6.03. The Kier molecular flexibility index (Phi) is 3.10. The van der Waals surface area contributed by atoms with Crippen LogP contribution in [0, 0.1) is 0 Å². The highest BCUT2D eigenvalue weighted by molar-refractivity contribution is 5.97. The summed E-state index contributed by atoms with van der Waals surface area (Å²) >= 11 is 0. The molecule has 25 heavy (non-hydrogen) atoms. The Balaban J connectivity index is 1.64. The SMILES string of the molecule is c1ccc(Cc2cc3c(-c4cnn5ncccc45)ccnc3[nH]2)cc1. The van der Waals surface area contributed by atoms with Gasteiger partial charge in [-0.15, -0.1) is 0 Å². The Labute approximate surface area is 144 Å². The molecule has 0 radical (unpaired) electrons. The molecule has 0 aliphatic heterocycles. The highest BCUT2D eigenvalue weighted by Gasteiger charge is 2.13. The van der Waals surface area contributed by atoms with Gasteiger partial charge in [0, 0.05) is 35.5 Å². The average Bonchev–Trinajstić information content (AvgIpc) is 3.26. The van der Waals surface area contributed by atoms with E-state index in [-0.39, 0.29) is 0 Å². The molecule has 0 fully saturated rings. The maximum absolute atomic E-state index is 4.50. The summed E-state index contributed by atoms with van der Waals surface area (Å²) < 4.78 is 1.65. The molecule has 120 valence electrons. The molecular formula is C20H15N5. The molecule has 5 heteroatoms. The summed E-state index contributed by atoms with van der Waals surface area (Å²) in [6.07, 6.45) is 6.29. The fourth-order valence-corrected chi connectivity index (χ4v) is 3.27. The summed E-state index contributed by atoms with van der Waals surface area (Å²) in [5.74, 6) is 0. The van der Waals surface area contributed by atoms with Crippen molar-refractivity contribution in [2.24, 2.45) is 0 Å². The van der Waals surface area contributed by atoms with Gasteiger partial charge in [0.2, 0.25) is 0 Å². The monoisotopic (exact) mass is 325 g/mol. The van der Waals surface area contributed by atoms with Crippen molar-refractivity contribution in [1.29, 1.82) is 0 Å². The fraction of sp³-hybridized carbons (Fsp3) is 0.0500. The molecule has 5 nitrogen and oxygen atoms in total. The van der Waals surface area contributed by atoms with Crippen LogP contribution in [0.4, 0.5) is 0 Å². The van der Waals surface area contributed by atoms with Crippen molar-refractivity contribution in [2.45, 2.75) is 6.42 Å². The zero-order valence-corrected chi connectivity index (χ0v) is 13.4. The molecule has 0 saturated carbocycles. The van der Waals surface area contributed by atoms with E-state index in [0.29, 0.717) is 0 Å². The van der Waals surface area contributed by atoms with Crippen LogP contribution in [0.25, 0.3) is 27.7 Å². The predicted octanol–water partition coefficient (Wildman–Crippen LogP) is 3.86. The Hall–Kier alpha value is -3.47. The first-order chi connectivity index (χ1) is 12.4. The minimum Gasteiger partial charge on any atom is -0.343 e. The van der Waals surface area contributed by atoms with E-state index in [9.17, 15) is 0 Å². The van der Waals surface area contributed by atoms with Gasteiger partial charge in [0.1, 0.15) is 5.65 Å². The molecule has 0 bridgehead atoms. The van der Waals surface area contributed by atoms with Gasteiger partial charge in [0.25, 0.3) is 0 Å². The van der Waals surface area contributed by atoms with Crippen LogP contribution in [0.3, 0.4) is 0 Å². The van der Waals surface area contributed by atoms with Gasteiger partial charge in [0.15, 0.2) is 0 Å². The van der Waals surface area contributed by atoms with Gasteiger partial charge < -0.3 is 4.98 Å². The molecule has 0 aliphatic carbocycles. The topological polar surface area (TPSA) is 58.9 Å². The van der Waals surface area contributed by atoms with E-state index in [4.69, 9.17) is 0 Å². The lowest BCUT2D eigenvalue weighted by atomic mass is 10.0. The number of pyridine rings is 1. The Morgan fingerprint density at radius 1 is 0.880 bits per heavy atom. The van der Waals surface area contributed by atoms with Gasteiger partial charge in [-0.2, -0.15) is 14.8 Å². The van der Waals surface area contributed by atoms with E-state index in [1.807, 2.05) is 36.7 Å². The van der Waals surface area contributed by atoms with Crippen LogP contribution in [-0.4, -0.2) is 24.8 Å². The zero-order chi connectivity index (χ0) is 16.6. The second-order valence-corrected chi connectivity index (χ2v) is 6.03. The third kappa shape index (κ3) is 2.37. The molecule has 1 aromatic carbocycles. The van der Waals surface area contributed by atoms with Crippen molar-refractivity contribution in [2.75, 3.05) is 0 Å². The normalized spacial score (nSPS) is 11.4. The highest BCUT2D eigenvalue weighted by Crippen LogP contribution is 2.31. The van der Waals surface area contributed by atoms with E-state index in [1.165, 1.54) is 5.56 Å². The van der Waals surface area contributed by atoms with Crippen LogP contribution in [-0.2, 0) is 6.42 Å². The lowest BCUT2D eigenvalue weighted by Gasteiger charge is -2.00. The van der Waals surface area contributed by atoms with Crippen molar-refractivity contribution >= 4 is 16.6 Å². The molecule has 0 atom stereocenters. The summed E-state index contributed by atoms with van der Waals surface area (Å²) in [6.45, 7) is 0. The summed E-state index contributed by atoms with van der Waals surface area (Å²) in [5.41, 5.74) is 6.48. The zero-order valence-electron chi connectivity index (χ0n) is 13.4. The van der Waals surface area contributed by atoms with Crippen LogP contribution >= 0.6 is 0 Å². The molecule has 0 spiro atoms. The Morgan fingerprint density at radius 3 is 2.72 bits per heavy atom. The Morgan fingerprint density at radius 2 is 1.80 bits per heavy atom. The van der Waals surface area contributed by atoms with Gasteiger partial charge in [-0.1, -0.05) is 30.3 Å².